The van der Waals surface area contributed by atoms with Gasteiger partial charge in [0.15, 0.2) is 5.82 Å². The van der Waals surface area contributed by atoms with E-state index in [-0.39, 0.29) is 18.0 Å². The van der Waals surface area contributed by atoms with E-state index >= 15 is 0 Å². The summed E-state index contributed by atoms with van der Waals surface area (Å²) >= 11 is 6.04. The van der Waals surface area contributed by atoms with Gasteiger partial charge in [0.25, 0.3) is 0 Å². The monoisotopic (exact) mass is 256 g/mol. The number of nitrogens with two attached hydrogens (primary N) is 1. The van der Waals surface area contributed by atoms with Crippen LogP contribution in [0.2, 0.25) is 5.02 Å². The standard InChI is InChI=1S/C11H17ClN4O/c12-8-9(13)14-7-15-10(8)16-11(6-17)4-2-1-3-5-11/h7,17H,1-6H2,(H3,13,14,15,16). The average Bonchev–Trinajstić information content (AvgIpc) is 2.36. The summed E-state index contributed by atoms with van der Waals surface area (Å²) in [6, 6.07) is 0. The van der Waals surface area contributed by atoms with Gasteiger partial charge >= 0.3 is 0 Å². The number of aromatic nitrogens is 2. The second-order valence-corrected chi connectivity index (χ2v) is 4.92. The summed E-state index contributed by atoms with van der Waals surface area (Å²) in [6.45, 7) is 0.0766. The minimum atomic E-state index is -0.317. The normalized spacial score (nSPS) is 18.9. The molecule has 1 aromatic rings. The first-order valence-electron chi connectivity index (χ1n) is 5.82. The van der Waals surface area contributed by atoms with E-state index in [0.717, 1.165) is 25.7 Å². The maximum absolute atomic E-state index is 9.58. The van der Waals surface area contributed by atoms with Crippen molar-refractivity contribution >= 4 is 23.2 Å². The molecule has 0 aliphatic heterocycles. The van der Waals surface area contributed by atoms with Crippen LogP contribution in [-0.2, 0) is 0 Å². The maximum Gasteiger partial charge on any atom is 0.150 e. The van der Waals surface area contributed by atoms with Crippen LogP contribution >= 0.6 is 11.6 Å². The molecule has 1 aromatic heterocycles. The Morgan fingerprint density at radius 3 is 2.71 bits per heavy atom. The van der Waals surface area contributed by atoms with Crippen molar-refractivity contribution < 1.29 is 5.11 Å². The van der Waals surface area contributed by atoms with Crippen LogP contribution in [0.25, 0.3) is 0 Å². The molecule has 0 bridgehead atoms. The molecule has 4 N–H and O–H groups in total. The lowest BCUT2D eigenvalue weighted by Crippen LogP contribution is -2.44. The number of nitrogens with one attached hydrogen (secondary N) is 1. The molecule has 0 saturated heterocycles. The molecule has 0 unspecified atom stereocenters. The zero-order valence-electron chi connectivity index (χ0n) is 9.62. The smallest absolute Gasteiger partial charge is 0.150 e. The van der Waals surface area contributed by atoms with E-state index in [0.29, 0.717) is 10.8 Å². The van der Waals surface area contributed by atoms with Gasteiger partial charge in [-0.05, 0) is 12.8 Å². The second kappa shape index (κ2) is 5.06. The number of hydrogen-bond acceptors (Lipinski definition) is 5. The van der Waals surface area contributed by atoms with E-state index in [1.54, 1.807) is 0 Å². The molecule has 1 aliphatic carbocycles. The fourth-order valence-corrected chi connectivity index (χ4v) is 2.42. The summed E-state index contributed by atoms with van der Waals surface area (Å²) in [5.41, 5.74) is 5.31. The summed E-state index contributed by atoms with van der Waals surface area (Å²) in [4.78, 5) is 7.89. The highest BCUT2D eigenvalue weighted by atomic mass is 35.5. The Bertz CT molecular complexity index is 393. The molecule has 5 nitrogen and oxygen atoms in total. The van der Waals surface area contributed by atoms with Gasteiger partial charge < -0.3 is 16.2 Å². The van der Waals surface area contributed by atoms with Gasteiger partial charge in [-0.1, -0.05) is 30.9 Å². The van der Waals surface area contributed by atoms with Crippen molar-refractivity contribution in [2.45, 2.75) is 37.6 Å². The van der Waals surface area contributed by atoms with Crippen LogP contribution in [0.1, 0.15) is 32.1 Å². The first-order valence-corrected chi connectivity index (χ1v) is 6.20. The third kappa shape index (κ3) is 2.61. The molecule has 1 saturated carbocycles. The molecule has 1 fully saturated rings. The Balaban J connectivity index is 2.20. The molecule has 1 aliphatic rings. The number of aliphatic hydroxyl groups is 1. The summed E-state index contributed by atoms with van der Waals surface area (Å²) < 4.78 is 0. The fourth-order valence-electron chi connectivity index (χ4n) is 2.27. The Morgan fingerprint density at radius 1 is 1.35 bits per heavy atom. The van der Waals surface area contributed by atoms with Gasteiger partial charge in [0.2, 0.25) is 0 Å². The van der Waals surface area contributed by atoms with E-state index in [2.05, 4.69) is 15.3 Å². The van der Waals surface area contributed by atoms with Gasteiger partial charge in [-0.2, -0.15) is 0 Å². The Kier molecular flexibility index (Phi) is 3.69. The highest BCUT2D eigenvalue weighted by molar-refractivity contribution is 6.35. The van der Waals surface area contributed by atoms with E-state index in [9.17, 15) is 5.11 Å². The number of hydrogen-bond donors (Lipinski definition) is 3. The first kappa shape index (κ1) is 12.4. The van der Waals surface area contributed by atoms with Crippen LogP contribution in [-0.4, -0.2) is 27.2 Å². The predicted molar refractivity (Wildman–Crippen MR) is 68.0 cm³/mol. The first-order chi connectivity index (χ1) is 8.17. The molecule has 17 heavy (non-hydrogen) atoms. The SMILES string of the molecule is Nc1ncnc(NC2(CO)CCCCC2)c1Cl. The zero-order valence-corrected chi connectivity index (χ0v) is 10.4. The van der Waals surface area contributed by atoms with Crippen molar-refractivity contribution in [2.75, 3.05) is 17.7 Å². The molecule has 0 amide bonds. The van der Waals surface area contributed by atoms with Gasteiger partial charge in [-0.15, -0.1) is 0 Å². The van der Waals surface area contributed by atoms with Crippen LogP contribution in [0.15, 0.2) is 6.33 Å². The van der Waals surface area contributed by atoms with Gasteiger partial charge in [0, 0.05) is 0 Å². The van der Waals surface area contributed by atoms with Crippen LogP contribution in [0.5, 0.6) is 0 Å². The molecule has 1 heterocycles. The molecule has 2 rings (SSSR count). The van der Waals surface area contributed by atoms with E-state index in [1.165, 1.54) is 12.7 Å². The number of rotatable bonds is 3. The van der Waals surface area contributed by atoms with Crippen molar-refractivity contribution in [3.8, 4) is 0 Å². The third-order valence-corrected chi connectivity index (χ3v) is 3.69. The van der Waals surface area contributed by atoms with E-state index in [4.69, 9.17) is 17.3 Å². The number of nitrogens with zero attached hydrogens (tertiary/aromatic N) is 2. The highest BCUT2D eigenvalue weighted by Crippen LogP contribution is 2.33. The lowest BCUT2D eigenvalue weighted by Gasteiger charge is -2.37. The zero-order chi connectivity index (χ0) is 12.3. The summed E-state index contributed by atoms with van der Waals surface area (Å²) in [6.07, 6.45) is 6.63. The largest absolute Gasteiger partial charge is 0.394 e. The van der Waals surface area contributed by atoms with Crippen molar-refractivity contribution in [1.29, 1.82) is 0 Å². The molecule has 0 radical (unpaired) electrons. The Morgan fingerprint density at radius 2 is 2.06 bits per heavy atom. The van der Waals surface area contributed by atoms with E-state index < -0.39 is 0 Å². The Labute approximate surface area is 105 Å². The number of nitrogen functional groups attached to an aromatic ring is 1. The average molecular weight is 257 g/mol. The topological polar surface area (TPSA) is 84.1 Å². The van der Waals surface area contributed by atoms with Gasteiger partial charge in [-0.3, -0.25) is 0 Å². The van der Waals surface area contributed by atoms with Crippen LogP contribution in [0.4, 0.5) is 11.6 Å². The maximum atomic E-state index is 9.58. The third-order valence-electron chi connectivity index (χ3n) is 3.31. The fraction of sp³-hybridized carbons (Fsp3) is 0.636. The van der Waals surface area contributed by atoms with E-state index in [1.807, 2.05) is 0 Å². The van der Waals surface area contributed by atoms with Crippen molar-refractivity contribution in [2.24, 2.45) is 0 Å². The lowest BCUT2D eigenvalue weighted by molar-refractivity contribution is 0.172. The van der Waals surface area contributed by atoms with Crippen LogP contribution < -0.4 is 11.1 Å². The summed E-state index contributed by atoms with van der Waals surface area (Å²) in [5.74, 6) is 0.767. The molecule has 0 spiro atoms. The number of aliphatic hydroxyl groups excluding tert-OH is 1. The van der Waals surface area contributed by atoms with Crippen molar-refractivity contribution in [3.05, 3.63) is 11.3 Å². The minimum Gasteiger partial charge on any atom is -0.394 e. The van der Waals surface area contributed by atoms with Gasteiger partial charge in [-0.25, -0.2) is 9.97 Å². The van der Waals surface area contributed by atoms with Crippen LogP contribution in [0.3, 0.4) is 0 Å². The number of halogens is 1. The van der Waals surface area contributed by atoms with Gasteiger partial charge in [0.05, 0.1) is 12.1 Å². The minimum absolute atomic E-state index is 0.0766. The van der Waals surface area contributed by atoms with Crippen LogP contribution in [0, 0.1) is 0 Å². The summed E-state index contributed by atoms with van der Waals surface area (Å²) in [5, 5.41) is 13.1. The number of anilines is 2. The summed E-state index contributed by atoms with van der Waals surface area (Å²) in [7, 11) is 0. The molecular formula is C11H17ClN4O. The highest BCUT2D eigenvalue weighted by Gasteiger charge is 2.32. The quantitative estimate of drug-likeness (QED) is 0.768. The predicted octanol–water partition coefficient (Wildman–Crippen LogP) is 1.82. The molecule has 0 aromatic carbocycles. The second-order valence-electron chi connectivity index (χ2n) is 4.55. The molecule has 6 heteroatoms. The van der Waals surface area contributed by atoms with Crippen molar-refractivity contribution in [3.63, 3.8) is 0 Å². The molecule has 94 valence electrons. The lowest BCUT2D eigenvalue weighted by atomic mass is 9.82. The van der Waals surface area contributed by atoms with Crippen molar-refractivity contribution in [1.82, 2.24) is 9.97 Å². The Hall–Kier alpha value is -1.07. The van der Waals surface area contributed by atoms with Gasteiger partial charge in [0.1, 0.15) is 17.2 Å². The molecular weight excluding hydrogens is 240 g/mol. The molecule has 0 atom stereocenters.